The van der Waals surface area contributed by atoms with E-state index in [1.54, 1.807) is 31.1 Å². The Morgan fingerprint density at radius 1 is 1.09 bits per heavy atom. The molecule has 7 nitrogen and oxygen atoms in total. The van der Waals surface area contributed by atoms with Gasteiger partial charge in [-0.05, 0) is 17.7 Å². The van der Waals surface area contributed by atoms with Gasteiger partial charge in [-0.25, -0.2) is 14.5 Å². The lowest BCUT2D eigenvalue weighted by Gasteiger charge is -2.10. The van der Waals surface area contributed by atoms with Crippen LogP contribution in [0.25, 0.3) is 5.65 Å². The third-order valence-corrected chi connectivity index (χ3v) is 3.48. The molecule has 2 heterocycles. The number of rotatable bonds is 5. The number of hydrogen-bond donors (Lipinski definition) is 0. The molecule has 120 valence electrons. The van der Waals surface area contributed by atoms with Gasteiger partial charge in [0, 0.05) is 39.0 Å². The number of benzene rings is 1. The molecule has 0 spiro atoms. The summed E-state index contributed by atoms with van der Waals surface area (Å²) in [4.78, 5) is 10.9. The second-order valence-corrected chi connectivity index (χ2v) is 5.34. The van der Waals surface area contributed by atoms with Gasteiger partial charge >= 0.3 is 0 Å². The predicted molar refractivity (Wildman–Crippen MR) is 87.5 cm³/mol. The van der Waals surface area contributed by atoms with Gasteiger partial charge in [-0.1, -0.05) is 0 Å². The second kappa shape index (κ2) is 6.12. The quantitative estimate of drug-likeness (QED) is 0.715. The average Bonchev–Trinajstić information content (AvgIpc) is 2.96. The van der Waals surface area contributed by atoms with Crippen LogP contribution in [0.15, 0.2) is 30.6 Å². The molecule has 0 aliphatic rings. The molecule has 0 N–H and O–H groups in total. The van der Waals surface area contributed by atoms with E-state index in [9.17, 15) is 0 Å². The number of ether oxygens (including phenoxy) is 2. The largest absolute Gasteiger partial charge is 0.497 e. The molecule has 3 rings (SSSR count). The maximum atomic E-state index is 5.30. The van der Waals surface area contributed by atoms with E-state index in [0.29, 0.717) is 6.42 Å². The third kappa shape index (κ3) is 3.03. The van der Waals surface area contributed by atoms with Crippen LogP contribution in [0.1, 0.15) is 11.4 Å². The molecule has 0 saturated carbocycles. The Labute approximate surface area is 134 Å². The van der Waals surface area contributed by atoms with Crippen molar-refractivity contribution in [1.82, 2.24) is 19.6 Å². The van der Waals surface area contributed by atoms with Crippen molar-refractivity contribution in [2.24, 2.45) is 0 Å². The molecule has 0 unspecified atom stereocenters. The van der Waals surface area contributed by atoms with Gasteiger partial charge in [0.05, 0.1) is 14.2 Å². The van der Waals surface area contributed by atoms with Crippen LogP contribution in [-0.2, 0) is 6.42 Å². The maximum absolute atomic E-state index is 5.30. The van der Waals surface area contributed by atoms with Gasteiger partial charge in [-0.2, -0.15) is 5.10 Å². The number of methoxy groups -OCH3 is 2. The highest BCUT2D eigenvalue weighted by molar-refractivity contribution is 5.62. The highest BCUT2D eigenvalue weighted by atomic mass is 16.5. The van der Waals surface area contributed by atoms with Crippen molar-refractivity contribution >= 4 is 11.5 Å². The van der Waals surface area contributed by atoms with Gasteiger partial charge in [-0.3, -0.25) is 0 Å². The van der Waals surface area contributed by atoms with Crippen LogP contribution in [-0.4, -0.2) is 47.9 Å². The molecular weight excluding hydrogens is 294 g/mol. The molecule has 0 bridgehead atoms. The van der Waals surface area contributed by atoms with Crippen LogP contribution in [0.3, 0.4) is 0 Å². The Kier molecular flexibility index (Phi) is 4.01. The van der Waals surface area contributed by atoms with Crippen molar-refractivity contribution < 1.29 is 9.47 Å². The molecule has 23 heavy (non-hydrogen) atoms. The molecular formula is C16H19N5O2. The van der Waals surface area contributed by atoms with E-state index in [1.807, 2.05) is 37.2 Å². The zero-order valence-corrected chi connectivity index (χ0v) is 13.6. The van der Waals surface area contributed by atoms with E-state index in [2.05, 4.69) is 15.1 Å². The topological polar surface area (TPSA) is 64.8 Å². The average molecular weight is 313 g/mol. The summed E-state index contributed by atoms with van der Waals surface area (Å²) in [6.07, 6.45) is 4.10. The Hall–Kier alpha value is -2.83. The van der Waals surface area contributed by atoms with Gasteiger partial charge in [0.2, 0.25) is 0 Å². The third-order valence-electron chi connectivity index (χ3n) is 3.48. The fraction of sp³-hybridized carbons (Fsp3) is 0.312. The molecule has 0 aliphatic heterocycles. The van der Waals surface area contributed by atoms with E-state index >= 15 is 0 Å². The first-order valence-corrected chi connectivity index (χ1v) is 7.20. The summed E-state index contributed by atoms with van der Waals surface area (Å²) in [6, 6.07) is 5.76. The molecule has 0 aliphatic carbocycles. The van der Waals surface area contributed by atoms with Crippen LogP contribution in [0, 0.1) is 0 Å². The van der Waals surface area contributed by atoms with E-state index in [-0.39, 0.29) is 0 Å². The Morgan fingerprint density at radius 2 is 1.78 bits per heavy atom. The SMILES string of the molecule is COc1cc(Cc2nc3c(N(C)C)nccn3n2)cc(OC)c1. The van der Waals surface area contributed by atoms with E-state index in [4.69, 9.17) is 9.47 Å². The minimum absolute atomic E-state index is 0.585. The number of aromatic nitrogens is 4. The normalized spacial score (nSPS) is 10.8. The van der Waals surface area contributed by atoms with Gasteiger partial charge in [-0.15, -0.1) is 0 Å². The maximum Gasteiger partial charge on any atom is 0.198 e. The lowest BCUT2D eigenvalue weighted by molar-refractivity contribution is 0.393. The van der Waals surface area contributed by atoms with Crippen LogP contribution >= 0.6 is 0 Å². The summed E-state index contributed by atoms with van der Waals surface area (Å²) >= 11 is 0. The molecule has 2 aromatic heterocycles. The summed E-state index contributed by atoms with van der Waals surface area (Å²) in [5.74, 6) is 3.00. The minimum Gasteiger partial charge on any atom is -0.497 e. The van der Waals surface area contributed by atoms with Gasteiger partial charge < -0.3 is 14.4 Å². The fourth-order valence-corrected chi connectivity index (χ4v) is 2.39. The molecule has 1 aromatic carbocycles. The van der Waals surface area contributed by atoms with Crippen molar-refractivity contribution in [3.05, 3.63) is 42.0 Å². The zero-order chi connectivity index (χ0) is 16.4. The summed E-state index contributed by atoms with van der Waals surface area (Å²) in [7, 11) is 7.14. The van der Waals surface area contributed by atoms with Crippen molar-refractivity contribution in [2.45, 2.75) is 6.42 Å². The first-order valence-electron chi connectivity index (χ1n) is 7.20. The standard InChI is InChI=1S/C16H19N5O2/c1-20(2)15-16-18-14(19-21(16)6-5-17-15)9-11-7-12(22-3)10-13(8-11)23-4/h5-8,10H,9H2,1-4H3. The van der Waals surface area contributed by atoms with Crippen molar-refractivity contribution in [3.63, 3.8) is 0 Å². The number of hydrogen-bond acceptors (Lipinski definition) is 6. The molecule has 0 amide bonds. The fourth-order valence-electron chi connectivity index (χ4n) is 2.39. The van der Waals surface area contributed by atoms with Crippen LogP contribution in [0.2, 0.25) is 0 Å². The van der Waals surface area contributed by atoms with E-state index in [1.165, 1.54) is 0 Å². The molecule has 0 fully saturated rings. The smallest absolute Gasteiger partial charge is 0.198 e. The number of anilines is 1. The number of fused-ring (bicyclic) bond motifs is 1. The van der Waals surface area contributed by atoms with Crippen molar-refractivity contribution in [3.8, 4) is 11.5 Å². The molecule has 0 atom stereocenters. The van der Waals surface area contributed by atoms with Crippen molar-refractivity contribution in [2.75, 3.05) is 33.2 Å². The highest BCUT2D eigenvalue weighted by Crippen LogP contribution is 2.24. The monoisotopic (exact) mass is 313 g/mol. The highest BCUT2D eigenvalue weighted by Gasteiger charge is 2.12. The van der Waals surface area contributed by atoms with Crippen molar-refractivity contribution in [1.29, 1.82) is 0 Å². The number of nitrogens with zero attached hydrogens (tertiary/aromatic N) is 5. The van der Waals surface area contributed by atoms with Gasteiger partial charge in [0.25, 0.3) is 0 Å². The summed E-state index contributed by atoms with van der Waals surface area (Å²) < 4.78 is 12.3. The molecule has 0 saturated heterocycles. The van der Waals surface area contributed by atoms with E-state index in [0.717, 1.165) is 34.4 Å². The molecule has 7 heteroatoms. The first kappa shape index (κ1) is 15.1. The molecule has 0 radical (unpaired) electrons. The Balaban J connectivity index is 1.97. The van der Waals surface area contributed by atoms with Gasteiger partial charge in [0.15, 0.2) is 17.3 Å². The summed E-state index contributed by atoms with van der Waals surface area (Å²) in [6.45, 7) is 0. The Bertz CT molecular complexity index is 806. The van der Waals surface area contributed by atoms with Gasteiger partial charge in [0.1, 0.15) is 11.5 Å². The van der Waals surface area contributed by atoms with Crippen LogP contribution in [0.5, 0.6) is 11.5 Å². The van der Waals surface area contributed by atoms with Crippen LogP contribution < -0.4 is 14.4 Å². The first-order chi connectivity index (χ1) is 11.1. The minimum atomic E-state index is 0.585. The summed E-state index contributed by atoms with van der Waals surface area (Å²) in [5, 5.41) is 4.52. The zero-order valence-electron chi connectivity index (χ0n) is 13.6. The summed E-state index contributed by atoms with van der Waals surface area (Å²) in [5.41, 5.74) is 1.76. The Morgan fingerprint density at radius 3 is 2.39 bits per heavy atom. The van der Waals surface area contributed by atoms with Crippen LogP contribution in [0.4, 0.5) is 5.82 Å². The molecule has 3 aromatic rings. The lowest BCUT2D eigenvalue weighted by Crippen LogP contribution is -2.12. The lowest BCUT2D eigenvalue weighted by atomic mass is 10.1. The van der Waals surface area contributed by atoms with E-state index < -0.39 is 0 Å². The predicted octanol–water partition coefficient (Wildman–Crippen LogP) is 1.80. The second-order valence-electron chi connectivity index (χ2n) is 5.34.